The smallest absolute Gasteiger partial charge is 0.159 e. The molecule has 1 saturated heterocycles. The van der Waals surface area contributed by atoms with Crippen LogP contribution in [0.1, 0.15) is 5.82 Å². The molecule has 1 aliphatic heterocycles. The van der Waals surface area contributed by atoms with E-state index in [1.54, 1.807) is 0 Å². The van der Waals surface area contributed by atoms with Crippen LogP contribution < -0.4 is 5.32 Å². The van der Waals surface area contributed by atoms with Gasteiger partial charge in [0.25, 0.3) is 0 Å². The van der Waals surface area contributed by atoms with Crippen LogP contribution >= 0.6 is 11.8 Å². The van der Waals surface area contributed by atoms with Crippen LogP contribution in [0.4, 0.5) is 0 Å². The summed E-state index contributed by atoms with van der Waals surface area (Å²) in [4.78, 5) is 9.03. The van der Waals surface area contributed by atoms with Gasteiger partial charge in [-0.1, -0.05) is 0 Å². The molecule has 1 aliphatic rings. The fourth-order valence-electron chi connectivity index (χ4n) is 2.22. The standard InChI is InChI=1S/C12H16N4S/c1-16-11(7-9-8-17-6-5-13-9)15-10-3-2-4-14-12(10)16/h2-4,9,13H,5-8H2,1H3. The van der Waals surface area contributed by atoms with Gasteiger partial charge in [0.1, 0.15) is 11.3 Å². The van der Waals surface area contributed by atoms with Crippen LogP contribution in [0.25, 0.3) is 11.2 Å². The van der Waals surface area contributed by atoms with Crippen molar-refractivity contribution in [2.24, 2.45) is 7.05 Å². The second-order valence-electron chi connectivity index (χ2n) is 4.36. The topological polar surface area (TPSA) is 42.7 Å². The monoisotopic (exact) mass is 248 g/mol. The molecule has 0 amide bonds. The van der Waals surface area contributed by atoms with Gasteiger partial charge in [0.15, 0.2) is 5.65 Å². The van der Waals surface area contributed by atoms with Gasteiger partial charge in [0.05, 0.1) is 0 Å². The van der Waals surface area contributed by atoms with Crippen LogP contribution in [0.2, 0.25) is 0 Å². The van der Waals surface area contributed by atoms with Crippen LogP contribution in [0.15, 0.2) is 18.3 Å². The lowest BCUT2D eigenvalue weighted by atomic mass is 10.2. The number of hydrogen-bond acceptors (Lipinski definition) is 4. The molecule has 1 N–H and O–H groups in total. The van der Waals surface area contributed by atoms with Gasteiger partial charge in [-0.15, -0.1) is 0 Å². The Balaban J connectivity index is 1.87. The lowest BCUT2D eigenvalue weighted by molar-refractivity contribution is 0.543. The highest BCUT2D eigenvalue weighted by atomic mass is 32.2. The summed E-state index contributed by atoms with van der Waals surface area (Å²) in [5.41, 5.74) is 1.97. The van der Waals surface area contributed by atoms with Gasteiger partial charge >= 0.3 is 0 Å². The third-order valence-corrected chi connectivity index (χ3v) is 4.28. The fourth-order valence-corrected chi connectivity index (χ4v) is 3.17. The zero-order valence-electron chi connectivity index (χ0n) is 9.89. The van der Waals surface area contributed by atoms with Crippen LogP contribution in [0.5, 0.6) is 0 Å². The molecule has 1 atom stereocenters. The molecule has 2 aromatic heterocycles. The Labute approximate surface area is 105 Å². The van der Waals surface area contributed by atoms with E-state index in [1.807, 2.05) is 37.1 Å². The molecule has 0 bridgehead atoms. The Morgan fingerprint density at radius 2 is 2.53 bits per heavy atom. The zero-order valence-corrected chi connectivity index (χ0v) is 10.7. The minimum Gasteiger partial charge on any atom is -0.316 e. The number of hydrogen-bond donors (Lipinski definition) is 1. The molecular formula is C12H16N4S. The Morgan fingerprint density at radius 3 is 3.29 bits per heavy atom. The molecule has 5 heteroatoms. The Kier molecular flexibility index (Phi) is 3.03. The van der Waals surface area contributed by atoms with Crippen molar-refractivity contribution in [3.8, 4) is 0 Å². The number of imidazole rings is 1. The molecule has 1 fully saturated rings. The first-order valence-corrected chi connectivity index (χ1v) is 7.07. The molecule has 0 aromatic carbocycles. The van der Waals surface area contributed by atoms with Gasteiger partial charge in [-0.2, -0.15) is 11.8 Å². The van der Waals surface area contributed by atoms with Crippen molar-refractivity contribution in [1.82, 2.24) is 19.9 Å². The average molecular weight is 248 g/mol. The highest BCUT2D eigenvalue weighted by molar-refractivity contribution is 7.99. The Hall–Kier alpha value is -1.07. The van der Waals surface area contributed by atoms with Crippen molar-refractivity contribution >= 4 is 22.9 Å². The summed E-state index contributed by atoms with van der Waals surface area (Å²) >= 11 is 2.02. The van der Waals surface area contributed by atoms with Crippen molar-refractivity contribution in [3.63, 3.8) is 0 Å². The van der Waals surface area contributed by atoms with Crippen LogP contribution in [-0.2, 0) is 13.5 Å². The lowest BCUT2D eigenvalue weighted by Gasteiger charge is -2.22. The van der Waals surface area contributed by atoms with E-state index in [2.05, 4.69) is 19.9 Å². The van der Waals surface area contributed by atoms with Gasteiger partial charge in [-0.05, 0) is 12.1 Å². The van der Waals surface area contributed by atoms with Crippen molar-refractivity contribution in [2.45, 2.75) is 12.5 Å². The number of fused-ring (bicyclic) bond motifs is 1. The molecule has 17 heavy (non-hydrogen) atoms. The summed E-state index contributed by atoms with van der Waals surface area (Å²) < 4.78 is 2.11. The molecule has 3 rings (SSSR count). The SMILES string of the molecule is Cn1c(CC2CSCCN2)nc2cccnc21. The first kappa shape index (κ1) is 11.0. The Morgan fingerprint density at radius 1 is 1.59 bits per heavy atom. The third-order valence-electron chi connectivity index (χ3n) is 3.15. The minimum atomic E-state index is 0.546. The van der Waals surface area contributed by atoms with Crippen LogP contribution in [-0.4, -0.2) is 38.6 Å². The number of aromatic nitrogens is 3. The van der Waals surface area contributed by atoms with Crippen molar-refractivity contribution in [1.29, 1.82) is 0 Å². The molecule has 2 aromatic rings. The first-order chi connectivity index (χ1) is 8.34. The van der Waals surface area contributed by atoms with E-state index in [1.165, 1.54) is 11.5 Å². The average Bonchev–Trinajstić information content (AvgIpc) is 2.68. The summed E-state index contributed by atoms with van der Waals surface area (Å²) in [5.74, 6) is 3.52. The van der Waals surface area contributed by atoms with Crippen molar-refractivity contribution in [3.05, 3.63) is 24.2 Å². The summed E-state index contributed by atoms with van der Waals surface area (Å²) in [6, 6.07) is 4.51. The third kappa shape index (κ3) is 2.17. The molecule has 0 spiro atoms. The van der Waals surface area contributed by atoms with Crippen molar-refractivity contribution in [2.75, 3.05) is 18.1 Å². The maximum atomic E-state index is 4.66. The van der Waals surface area contributed by atoms with Gasteiger partial charge in [-0.25, -0.2) is 9.97 Å². The van der Waals surface area contributed by atoms with Crippen molar-refractivity contribution < 1.29 is 0 Å². The normalized spacial score (nSPS) is 20.9. The quantitative estimate of drug-likeness (QED) is 0.867. The summed E-state index contributed by atoms with van der Waals surface area (Å²) in [5, 5.41) is 3.54. The van der Waals surface area contributed by atoms with E-state index in [0.717, 1.165) is 30.0 Å². The second kappa shape index (κ2) is 4.66. The highest BCUT2D eigenvalue weighted by Crippen LogP contribution is 2.16. The molecule has 0 aliphatic carbocycles. The summed E-state index contributed by atoms with van der Waals surface area (Å²) in [6.07, 6.45) is 2.81. The minimum absolute atomic E-state index is 0.546. The highest BCUT2D eigenvalue weighted by Gasteiger charge is 2.17. The van der Waals surface area contributed by atoms with Gasteiger partial charge in [0, 0.05) is 43.8 Å². The van der Waals surface area contributed by atoms with Crippen LogP contribution in [0, 0.1) is 0 Å². The van der Waals surface area contributed by atoms with E-state index in [0.29, 0.717) is 6.04 Å². The number of rotatable bonds is 2. The molecule has 0 saturated carbocycles. The molecular weight excluding hydrogens is 232 g/mol. The van der Waals surface area contributed by atoms with E-state index in [-0.39, 0.29) is 0 Å². The summed E-state index contributed by atoms with van der Waals surface area (Å²) in [6.45, 7) is 1.11. The van der Waals surface area contributed by atoms with E-state index < -0.39 is 0 Å². The number of aryl methyl sites for hydroxylation is 1. The van der Waals surface area contributed by atoms with Crippen LogP contribution in [0.3, 0.4) is 0 Å². The van der Waals surface area contributed by atoms with Gasteiger partial charge < -0.3 is 9.88 Å². The number of nitrogens with one attached hydrogen (secondary N) is 1. The second-order valence-corrected chi connectivity index (χ2v) is 5.51. The van der Waals surface area contributed by atoms with E-state index >= 15 is 0 Å². The maximum absolute atomic E-state index is 4.66. The maximum Gasteiger partial charge on any atom is 0.159 e. The van der Waals surface area contributed by atoms with E-state index in [4.69, 9.17) is 0 Å². The molecule has 4 nitrogen and oxygen atoms in total. The first-order valence-electron chi connectivity index (χ1n) is 5.92. The largest absolute Gasteiger partial charge is 0.316 e. The van der Waals surface area contributed by atoms with Gasteiger partial charge in [-0.3, -0.25) is 0 Å². The van der Waals surface area contributed by atoms with E-state index in [9.17, 15) is 0 Å². The fraction of sp³-hybridized carbons (Fsp3) is 0.500. The molecule has 90 valence electrons. The summed E-state index contributed by atoms with van der Waals surface area (Å²) in [7, 11) is 2.05. The predicted molar refractivity (Wildman–Crippen MR) is 71.3 cm³/mol. The Bertz CT molecular complexity index is 516. The lowest BCUT2D eigenvalue weighted by Crippen LogP contribution is -2.39. The predicted octanol–water partition coefficient (Wildman–Crippen LogP) is 1.22. The van der Waals surface area contributed by atoms with Gasteiger partial charge in [0.2, 0.25) is 0 Å². The number of nitrogens with zero attached hydrogens (tertiary/aromatic N) is 3. The molecule has 1 unspecified atom stereocenters. The number of thioether (sulfide) groups is 1. The number of pyridine rings is 1. The zero-order chi connectivity index (χ0) is 11.7. The molecule has 0 radical (unpaired) electrons. The molecule has 3 heterocycles.